The Hall–Kier alpha value is -1.52. The van der Waals surface area contributed by atoms with Crippen molar-refractivity contribution in [3.05, 3.63) is 29.3 Å². The van der Waals surface area contributed by atoms with E-state index in [1.807, 2.05) is 19.4 Å². The number of rotatable bonds is 4. The fraction of sp³-hybridized carbons (Fsp3) is 0.500. The standard InChI is InChI=1S/C14H16ClF3N6S/c1-23-8-10(6-20-23)25-24-4-2-9(3-5-24)21-13-19-7-11(12(15)22-13)14(16,17)18/h6-9H,2-5H2,1H3,(H,19,21,22). The van der Waals surface area contributed by atoms with E-state index in [4.69, 9.17) is 11.6 Å². The maximum atomic E-state index is 12.7. The first kappa shape index (κ1) is 18.3. The maximum Gasteiger partial charge on any atom is 0.420 e. The van der Waals surface area contributed by atoms with Crippen LogP contribution in [-0.2, 0) is 13.2 Å². The van der Waals surface area contributed by atoms with Crippen molar-refractivity contribution < 1.29 is 13.2 Å². The second-order valence-electron chi connectivity index (χ2n) is 5.68. The number of halogens is 4. The van der Waals surface area contributed by atoms with Gasteiger partial charge in [0.1, 0.15) is 10.7 Å². The summed E-state index contributed by atoms with van der Waals surface area (Å²) < 4.78 is 42.0. The number of aromatic nitrogens is 4. The number of hydrogen-bond acceptors (Lipinski definition) is 6. The molecule has 3 rings (SSSR count). The highest BCUT2D eigenvalue weighted by atomic mass is 35.5. The molecule has 11 heteroatoms. The van der Waals surface area contributed by atoms with E-state index in [2.05, 4.69) is 24.7 Å². The molecule has 2 aromatic rings. The summed E-state index contributed by atoms with van der Waals surface area (Å²) in [5.41, 5.74) is -1.03. The molecule has 0 aliphatic carbocycles. The lowest BCUT2D eigenvalue weighted by atomic mass is 10.1. The molecule has 1 saturated heterocycles. The van der Waals surface area contributed by atoms with E-state index in [1.165, 1.54) is 0 Å². The number of nitrogens with zero attached hydrogens (tertiary/aromatic N) is 5. The van der Waals surface area contributed by atoms with Gasteiger partial charge in [-0.15, -0.1) is 0 Å². The van der Waals surface area contributed by atoms with Crippen molar-refractivity contribution >= 4 is 29.5 Å². The van der Waals surface area contributed by atoms with Crippen molar-refractivity contribution in [3.63, 3.8) is 0 Å². The molecule has 6 nitrogen and oxygen atoms in total. The van der Waals surface area contributed by atoms with Gasteiger partial charge < -0.3 is 5.32 Å². The van der Waals surface area contributed by atoms with Gasteiger partial charge in [-0.2, -0.15) is 18.3 Å². The minimum Gasteiger partial charge on any atom is -0.351 e. The fourth-order valence-corrected chi connectivity index (χ4v) is 3.71. The van der Waals surface area contributed by atoms with Gasteiger partial charge in [0.05, 0.1) is 11.1 Å². The van der Waals surface area contributed by atoms with Crippen LogP contribution in [0.3, 0.4) is 0 Å². The summed E-state index contributed by atoms with van der Waals surface area (Å²) >= 11 is 7.26. The smallest absolute Gasteiger partial charge is 0.351 e. The Balaban J connectivity index is 1.53. The average Bonchev–Trinajstić information content (AvgIpc) is 2.93. The summed E-state index contributed by atoms with van der Waals surface area (Å²) in [6.45, 7) is 1.68. The molecule has 0 spiro atoms. The van der Waals surface area contributed by atoms with Crippen LogP contribution in [0.1, 0.15) is 18.4 Å². The predicted octanol–water partition coefficient (Wildman–Crippen LogP) is 3.47. The number of alkyl halides is 3. The van der Waals surface area contributed by atoms with Crippen molar-refractivity contribution in [2.75, 3.05) is 18.4 Å². The number of piperidine rings is 1. The van der Waals surface area contributed by atoms with Crippen molar-refractivity contribution in [2.24, 2.45) is 7.05 Å². The Morgan fingerprint density at radius 3 is 2.56 bits per heavy atom. The van der Waals surface area contributed by atoms with Gasteiger partial charge in [-0.25, -0.2) is 14.3 Å². The van der Waals surface area contributed by atoms with Gasteiger partial charge in [0.2, 0.25) is 5.95 Å². The fourth-order valence-electron chi connectivity index (χ4n) is 2.49. The van der Waals surface area contributed by atoms with Crippen LogP contribution < -0.4 is 5.32 Å². The quantitative estimate of drug-likeness (QED) is 0.635. The van der Waals surface area contributed by atoms with E-state index in [0.29, 0.717) is 6.20 Å². The minimum atomic E-state index is -4.55. The van der Waals surface area contributed by atoms with Gasteiger partial charge in [0.15, 0.2) is 0 Å². The average molecular weight is 393 g/mol. The monoisotopic (exact) mass is 392 g/mol. The summed E-state index contributed by atoms with van der Waals surface area (Å²) in [5.74, 6) is 0.122. The van der Waals surface area contributed by atoms with Crippen LogP contribution in [0, 0.1) is 0 Å². The van der Waals surface area contributed by atoms with E-state index in [-0.39, 0.29) is 12.0 Å². The zero-order chi connectivity index (χ0) is 18.0. The topological polar surface area (TPSA) is 58.9 Å². The molecular formula is C14H16ClF3N6S. The molecule has 0 bridgehead atoms. The molecule has 1 aliphatic rings. The molecule has 2 aromatic heterocycles. The SMILES string of the molecule is Cn1cc(SN2CCC(Nc3ncc(C(F)(F)F)c(Cl)n3)CC2)cn1. The summed E-state index contributed by atoms with van der Waals surface area (Å²) in [6.07, 6.45) is 1.58. The molecule has 0 radical (unpaired) electrons. The normalized spacial score (nSPS) is 17.0. The van der Waals surface area contributed by atoms with Crippen molar-refractivity contribution in [1.29, 1.82) is 0 Å². The van der Waals surface area contributed by atoms with Crippen LogP contribution in [0.15, 0.2) is 23.5 Å². The van der Waals surface area contributed by atoms with Crippen LogP contribution in [-0.4, -0.2) is 43.2 Å². The lowest BCUT2D eigenvalue weighted by Crippen LogP contribution is -2.36. The van der Waals surface area contributed by atoms with Gasteiger partial charge in [-0.3, -0.25) is 4.68 Å². The number of anilines is 1. The first-order chi connectivity index (χ1) is 11.8. The van der Waals surface area contributed by atoms with Crippen LogP contribution >= 0.6 is 23.5 Å². The highest BCUT2D eigenvalue weighted by molar-refractivity contribution is 7.97. The lowest BCUT2D eigenvalue weighted by Gasteiger charge is -2.31. The molecule has 1 N–H and O–H groups in total. The Kier molecular flexibility index (Phi) is 5.40. The van der Waals surface area contributed by atoms with Crippen LogP contribution in [0.25, 0.3) is 0 Å². The Morgan fingerprint density at radius 1 is 1.28 bits per heavy atom. The second kappa shape index (κ2) is 7.38. The molecule has 1 fully saturated rings. The molecular weight excluding hydrogens is 377 g/mol. The molecule has 0 saturated carbocycles. The third-order valence-corrected chi connectivity index (χ3v) is 5.08. The number of aryl methyl sites for hydroxylation is 1. The predicted molar refractivity (Wildman–Crippen MR) is 89.3 cm³/mol. The zero-order valence-electron chi connectivity index (χ0n) is 13.3. The van der Waals surface area contributed by atoms with Crippen molar-refractivity contribution in [2.45, 2.75) is 30.0 Å². The van der Waals surface area contributed by atoms with E-state index in [1.54, 1.807) is 16.6 Å². The molecule has 0 amide bonds. The zero-order valence-corrected chi connectivity index (χ0v) is 14.9. The summed E-state index contributed by atoms with van der Waals surface area (Å²) in [7, 11) is 1.87. The molecule has 0 atom stereocenters. The summed E-state index contributed by atoms with van der Waals surface area (Å²) in [5, 5.41) is 6.61. The van der Waals surface area contributed by atoms with E-state index >= 15 is 0 Å². The number of hydrogen-bond donors (Lipinski definition) is 1. The first-order valence-electron chi connectivity index (χ1n) is 7.59. The molecule has 0 unspecified atom stereocenters. The second-order valence-corrected chi connectivity index (χ2v) is 7.21. The van der Waals surface area contributed by atoms with Crippen LogP contribution in [0.4, 0.5) is 19.1 Å². The lowest BCUT2D eigenvalue weighted by molar-refractivity contribution is -0.137. The van der Waals surface area contributed by atoms with Gasteiger partial charge in [-0.05, 0) is 24.8 Å². The molecule has 3 heterocycles. The molecule has 0 aromatic carbocycles. The van der Waals surface area contributed by atoms with Gasteiger partial charge >= 0.3 is 6.18 Å². The Morgan fingerprint density at radius 2 is 2.00 bits per heavy atom. The Bertz CT molecular complexity index is 730. The third-order valence-electron chi connectivity index (χ3n) is 3.75. The van der Waals surface area contributed by atoms with E-state index in [9.17, 15) is 13.2 Å². The third kappa shape index (κ3) is 4.77. The summed E-state index contributed by atoms with van der Waals surface area (Å²) in [6, 6.07) is 0.0959. The largest absolute Gasteiger partial charge is 0.420 e. The molecule has 1 aliphatic heterocycles. The van der Waals surface area contributed by atoms with Gasteiger partial charge in [0, 0.05) is 38.6 Å². The van der Waals surface area contributed by atoms with Crippen LogP contribution in [0.5, 0.6) is 0 Å². The summed E-state index contributed by atoms with van der Waals surface area (Å²) in [4.78, 5) is 8.53. The highest BCUT2D eigenvalue weighted by Gasteiger charge is 2.34. The van der Waals surface area contributed by atoms with Gasteiger partial charge in [-0.1, -0.05) is 11.6 Å². The van der Waals surface area contributed by atoms with Crippen molar-refractivity contribution in [3.8, 4) is 0 Å². The van der Waals surface area contributed by atoms with Crippen molar-refractivity contribution in [1.82, 2.24) is 24.1 Å². The number of nitrogens with one attached hydrogen (secondary N) is 1. The van der Waals surface area contributed by atoms with Crippen LogP contribution in [0.2, 0.25) is 5.15 Å². The highest BCUT2D eigenvalue weighted by Crippen LogP contribution is 2.33. The van der Waals surface area contributed by atoms with Gasteiger partial charge in [0.25, 0.3) is 0 Å². The van der Waals surface area contributed by atoms with E-state index < -0.39 is 16.9 Å². The van der Waals surface area contributed by atoms with E-state index in [0.717, 1.165) is 30.8 Å². The molecule has 136 valence electrons. The minimum absolute atomic E-state index is 0.0959. The maximum absolute atomic E-state index is 12.7. The first-order valence-corrected chi connectivity index (χ1v) is 8.74. The molecule has 25 heavy (non-hydrogen) atoms. The Labute approximate surface area is 151 Å².